The summed E-state index contributed by atoms with van der Waals surface area (Å²) < 4.78 is 1.96. The second-order valence-corrected chi connectivity index (χ2v) is 6.68. The Morgan fingerprint density at radius 1 is 1.25 bits per heavy atom. The molecule has 3 aromatic rings. The maximum absolute atomic E-state index is 9.79. The third-order valence-corrected chi connectivity index (χ3v) is 4.50. The number of hydrogen-bond acceptors (Lipinski definition) is 3. The molecule has 128 valence electrons. The first-order valence-electron chi connectivity index (χ1n) is 8.54. The van der Waals surface area contributed by atoms with Crippen molar-refractivity contribution >= 4 is 10.9 Å². The van der Waals surface area contributed by atoms with Crippen molar-refractivity contribution < 1.29 is 5.11 Å². The number of H-pyrrole nitrogens is 1. The van der Waals surface area contributed by atoms with Crippen LogP contribution in [-0.4, -0.2) is 32.5 Å². The maximum atomic E-state index is 9.79. The summed E-state index contributed by atoms with van der Waals surface area (Å²) in [4.78, 5) is 3.30. The van der Waals surface area contributed by atoms with E-state index in [0.29, 0.717) is 6.04 Å². The van der Waals surface area contributed by atoms with Crippen LogP contribution in [-0.2, 0) is 6.42 Å². The average molecular weight is 326 g/mol. The van der Waals surface area contributed by atoms with E-state index in [2.05, 4.69) is 54.5 Å². The molecule has 0 bridgehead atoms. The maximum Gasteiger partial charge on any atom is 0.0588 e. The molecule has 3 N–H and O–H groups in total. The zero-order valence-corrected chi connectivity index (χ0v) is 14.5. The highest BCUT2D eigenvalue weighted by Gasteiger charge is 2.16. The lowest BCUT2D eigenvalue weighted by atomic mass is 10.0. The normalized spacial score (nSPS) is 14.4. The van der Waals surface area contributed by atoms with E-state index in [-0.39, 0.29) is 18.7 Å². The van der Waals surface area contributed by atoms with Crippen molar-refractivity contribution in [3.63, 3.8) is 0 Å². The van der Waals surface area contributed by atoms with Gasteiger partial charge in [-0.3, -0.25) is 4.68 Å². The molecule has 0 fully saturated rings. The van der Waals surface area contributed by atoms with E-state index in [0.717, 1.165) is 17.5 Å². The van der Waals surface area contributed by atoms with Crippen LogP contribution < -0.4 is 5.32 Å². The van der Waals surface area contributed by atoms with Gasteiger partial charge in [0.1, 0.15) is 0 Å². The summed E-state index contributed by atoms with van der Waals surface area (Å²) in [6.07, 6.45) is 6.79. The van der Waals surface area contributed by atoms with E-state index in [4.69, 9.17) is 0 Å². The van der Waals surface area contributed by atoms with Crippen molar-refractivity contribution in [1.29, 1.82) is 0 Å². The number of aliphatic hydroxyl groups is 1. The first kappa shape index (κ1) is 16.7. The van der Waals surface area contributed by atoms with E-state index in [1.54, 1.807) is 0 Å². The summed E-state index contributed by atoms with van der Waals surface area (Å²) in [5.74, 6) is 0. The van der Waals surface area contributed by atoms with Crippen LogP contribution in [0.25, 0.3) is 10.9 Å². The second kappa shape index (κ2) is 7.20. The molecule has 0 unspecified atom stereocenters. The van der Waals surface area contributed by atoms with Crippen LogP contribution in [0.2, 0.25) is 0 Å². The first-order chi connectivity index (χ1) is 11.6. The molecule has 2 heterocycles. The molecule has 2 aromatic heterocycles. The quantitative estimate of drug-likeness (QED) is 0.625. The number of fused-ring (bicyclic) bond motifs is 1. The molecular weight excluding hydrogens is 300 g/mol. The number of para-hydroxylation sites is 1. The number of aromatic nitrogens is 3. The van der Waals surface area contributed by atoms with Crippen molar-refractivity contribution in [1.82, 2.24) is 20.1 Å². The molecule has 0 saturated carbocycles. The minimum atomic E-state index is 0.00149. The Balaban J connectivity index is 1.69. The number of hydrogen-bond donors (Lipinski definition) is 3. The molecule has 0 saturated heterocycles. The lowest BCUT2D eigenvalue weighted by Crippen LogP contribution is -2.36. The van der Waals surface area contributed by atoms with Crippen molar-refractivity contribution in [3.8, 4) is 0 Å². The molecule has 2 atom stereocenters. The highest BCUT2D eigenvalue weighted by Crippen LogP contribution is 2.20. The van der Waals surface area contributed by atoms with Gasteiger partial charge in [-0.15, -0.1) is 0 Å². The van der Waals surface area contributed by atoms with Crippen molar-refractivity contribution in [3.05, 3.63) is 54.0 Å². The summed E-state index contributed by atoms with van der Waals surface area (Å²) in [5.41, 5.74) is 3.50. The molecule has 5 heteroatoms. The van der Waals surface area contributed by atoms with Gasteiger partial charge in [0.15, 0.2) is 0 Å². The fourth-order valence-corrected chi connectivity index (χ4v) is 3.05. The van der Waals surface area contributed by atoms with Gasteiger partial charge in [-0.1, -0.05) is 18.2 Å². The Hall–Kier alpha value is -2.11. The Morgan fingerprint density at radius 3 is 2.75 bits per heavy atom. The number of aliphatic hydroxyl groups excluding tert-OH is 1. The highest BCUT2D eigenvalue weighted by molar-refractivity contribution is 5.83. The van der Waals surface area contributed by atoms with Gasteiger partial charge in [0.05, 0.1) is 12.8 Å². The highest BCUT2D eigenvalue weighted by atomic mass is 16.3. The predicted molar refractivity (Wildman–Crippen MR) is 97.0 cm³/mol. The van der Waals surface area contributed by atoms with Gasteiger partial charge in [0.2, 0.25) is 0 Å². The minimum Gasteiger partial charge on any atom is -0.395 e. The summed E-state index contributed by atoms with van der Waals surface area (Å²) in [7, 11) is 0. The van der Waals surface area contributed by atoms with Crippen LogP contribution >= 0.6 is 0 Å². The fourth-order valence-electron chi connectivity index (χ4n) is 3.05. The number of benzene rings is 1. The van der Waals surface area contributed by atoms with Gasteiger partial charge in [-0.05, 0) is 38.8 Å². The Kier molecular flexibility index (Phi) is 5.02. The third kappa shape index (κ3) is 3.52. The van der Waals surface area contributed by atoms with E-state index >= 15 is 0 Å². The molecule has 5 nitrogen and oxygen atoms in total. The number of nitrogens with zero attached hydrogens (tertiary/aromatic N) is 2. The smallest absolute Gasteiger partial charge is 0.0588 e. The molecule has 0 radical (unpaired) electrons. The average Bonchev–Trinajstić information content (AvgIpc) is 3.22. The zero-order chi connectivity index (χ0) is 17.1. The van der Waals surface area contributed by atoms with E-state index < -0.39 is 0 Å². The van der Waals surface area contributed by atoms with Crippen molar-refractivity contribution in [2.75, 3.05) is 6.61 Å². The summed E-state index contributed by atoms with van der Waals surface area (Å²) in [6, 6.07) is 8.75. The standard InChI is InChI=1S/C19H26N4O/c1-13(2)23-11-16(10-21-23)14(3)22-17(12-24)8-15-9-20-19-7-5-4-6-18(15)19/h4-7,9-11,13-14,17,20,22,24H,8,12H2,1-3H3/t14-,17+/m0/s1. The van der Waals surface area contributed by atoms with Gasteiger partial charge in [0.25, 0.3) is 0 Å². The molecule has 3 rings (SSSR count). The molecule has 24 heavy (non-hydrogen) atoms. The molecule has 0 aliphatic heterocycles. The van der Waals surface area contributed by atoms with Crippen LogP contribution in [0.4, 0.5) is 0 Å². The van der Waals surface area contributed by atoms with Gasteiger partial charge in [0, 0.05) is 47.0 Å². The third-order valence-electron chi connectivity index (χ3n) is 4.50. The van der Waals surface area contributed by atoms with Crippen LogP contribution in [0.15, 0.2) is 42.9 Å². The number of aromatic amines is 1. The molecule has 0 aliphatic rings. The first-order valence-corrected chi connectivity index (χ1v) is 8.54. The number of nitrogens with one attached hydrogen (secondary N) is 2. The zero-order valence-electron chi connectivity index (χ0n) is 14.5. The largest absolute Gasteiger partial charge is 0.395 e. The predicted octanol–water partition coefficient (Wildman–Crippen LogP) is 3.20. The van der Waals surface area contributed by atoms with Gasteiger partial charge in [-0.2, -0.15) is 5.10 Å². The molecule has 0 aliphatic carbocycles. The number of rotatable bonds is 7. The van der Waals surface area contributed by atoms with Crippen LogP contribution in [0.5, 0.6) is 0 Å². The summed E-state index contributed by atoms with van der Waals surface area (Å²) >= 11 is 0. The van der Waals surface area contributed by atoms with Gasteiger partial charge >= 0.3 is 0 Å². The van der Waals surface area contributed by atoms with E-state index in [9.17, 15) is 5.11 Å². The second-order valence-electron chi connectivity index (χ2n) is 6.68. The topological polar surface area (TPSA) is 65.9 Å². The molecule has 0 spiro atoms. The Morgan fingerprint density at radius 2 is 2.04 bits per heavy atom. The Bertz CT molecular complexity index is 789. The van der Waals surface area contributed by atoms with Gasteiger partial charge in [-0.25, -0.2) is 0 Å². The Labute approximate surface area is 142 Å². The summed E-state index contributed by atoms with van der Waals surface area (Å²) in [6.45, 7) is 6.44. The lowest BCUT2D eigenvalue weighted by Gasteiger charge is -2.21. The monoisotopic (exact) mass is 326 g/mol. The van der Waals surface area contributed by atoms with Crippen LogP contribution in [0.3, 0.4) is 0 Å². The molecule has 1 aromatic carbocycles. The SMILES string of the molecule is CC(C)n1cc([C@H](C)N[C@@H](CO)Cc2c[nH]c3ccccc23)cn1. The van der Waals surface area contributed by atoms with Crippen LogP contribution in [0, 0.1) is 0 Å². The molecule has 0 amide bonds. The van der Waals surface area contributed by atoms with Crippen LogP contribution in [0.1, 0.15) is 44.0 Å². The fraction of sp³-hybridized carbons (Fsp3) is 0.421. The lowest BCUT2D eigenvalue weighted by molar-refractivity contribution is 0.233. The van der Waals surface area contributed by atoms with Gasteiger partial charge < -0.3 is 15.4 Å². The van der Waals surface area contributed by atoms with Crippen molar-refractivity contribution in [2.24, 2.45) is 0 Å². The van der Waals surface area contributed by atoms with Crippen molar-refractivity contribution in [2.45, 2.75) is 45.3 Å². The summed E-state index contributed by atoms with van der Waals surface area (Å²) in [5, 5.41) is 18.9. The van der Waals surface area contributed by atoms with E-state index in [1.165, 1.54) is 10.9 Å². The van der Waals surface area contributed by atoms with E-state index in [1.807, 2.05) is 29.2 Å². The molecular formula is C19H26N4O. The minimum absolute atomic E-state index is 0.00149.